The van der Waals surface area contributed by atoms with E-state index in [-0.39, 0.29) is 36.9 Å². The first-order chi connectivity index (χ1) is 21.5. The summed E-state index contributed by atoms with van der Waals surface area (Å²) in [4.78, 5) is 46.5. The van der Waals surface area contributed by atoms with Gasteiger partial charge in [0.25, 0.3) is 5.67 Å². The van der Waals surface area contributed by atoms with Crippen molar-refractivity contribution >= 4 is 34.7 Å². The highest BCUT2D eigenvalue weighted by molar-refractivity contribution is 6.07. The molecule has 0 bridgehead atoms. The zero-order valence-corrected chi connectivity index (χ0v) is 28.8. The Morgan fingerprint density at radius 2 is 1.80 bits per heavy atom. The number of benzene rings is 1. The molecule has 2 aromatic rings. The van der Waals surface area contributed by atoms with Crippen molar-refractivity contribution in [3.05, 3.63) is 48.2 Å². The number of rotatable bonds is 5. The van der Waals surface area contributed by atoms with Crippen molar-refractivity contribution < 1.29 is 33.0 Å². The third-order valence-electron chi connectivity index (χ3n) is 10.8. The van der Waals surface area contributed by atoms with Gasteiger partial charge >= 0.3 is 11.9 Å². The summed E-state index contributed by atoms with van der Waals surface area (Å²) in [6.45, 7) is 15.2. The third kappa shape index (κ3) is 7.20. The molecule has 0 spiro atoms. The molecular formula is C37H51FN2O6. The molecule has 3 heterocycles. The van der Waals surface area contributed by atoms with Gasteiger partial charge in [-0.25, -0.2) is 9.18 Å². The van der Waals surface area contributed by atoms with E-state index < -0.39 is 46.6 Å². The maximum Gasteiger partial charge on any atom is 0.351 e. The van der Waals surface area contributed by atoms with E-state index in [1.165, 1.54) is 0 Å². The van der Waals surface area contributed by atoms with Crippen LogP contribution in [0, 0.1) is 23.7 Å². The molecule has 0 N–H and O–H groups in total. The van der Waals surface area contributed by atoms with Gasteiger partial charge in [0, 0.05) is 36.0 Å². The average Bonchev–Trinajstić information content (AvgIpc) is 3.33. The minimum absolute atomic E-state index is 0.113. The molecule has 8 nitrogen and oxygen atoms in total. The number of carbonyl (C=O) groups excluding carboxylic acids is 3. The van der Waals surface area contributed by atoms with Gasteiger partial charge in [0.15, 0.2) is 11.4 Å². The van der Waals surface area contributed by atoms with Crippen molar-refractivity contribution in [2.24, 2.45) is 23.7 Å². The molecule has 0 aliphatic carbocycles. The zero-order valence-electron chi connectivity index (χ0n) is 28.8. The second-order valence-electron chi connectivity index (χ2n) is 14.2. The number of carbonyl (C=O) groups is 3. The number of nitrogens with zero attached hydrogens (tertiary/aromatic N) is 2. The number of alkyl halides is 1. The summed E-state index contributed by atoms with van der Waals surface area (Å²) in [5, 5.41) is 1.04. The fraction of sp³-hybridized carbons (Fsp3) is 0.622. The van der Waals surface area contributed by atoms with Gasteiger partial charge in [-0.15, -0.1) is 0 Å². The summed E-state index contributed by atoms with van der Waals surface area (Å²) >= 11 is 0. The summed E-state index contributed by atoms with van der Waals surface area (Å²) in [6.07, 6.45) is 5.80. The third-order valence-corrected chi connectivity index (χ3v) is 10.8. The predicted octanol–water partition coefficient (Wildman–Crippen LogP) is 6.60. The number of halogens is 1. The molecule has 252 valence electrons. The van der Waals surface area contributed by atoms with E-state index in [9.17, 15) is 14.4 Å². The minimum atomic E-state index is -2.90. The highest BCUT2D eigenvalue weighted by Crippen LogP contribution is 2.43. The Bertz CT molecular complexity index is 1460. The lowest BCUT2D eigenvalue weighted by Gasteiger charge is -2.42. The first-order valence-corrected chi connectivity index (χ1v) is 16.5. The number of esters is 2. The summed E-state index contributed by atoms with van der Waals surface area (Å²) in [5.41, 5.74) is -3.04. The van der Waals surface area contributed by atoms with Gasteiger partial charge < -0.3 is 19.1 Å². The number of hydrogen-bond donors (Lipinski definition) is 0. The van der Waals surface area contributed by atoms with Crippen LogP contribution in [-0.2, 0) is 28.6 Å². The molecule has 2 fully saturated rings. The van der Waals surface area contributed by atoms with Gasteiger partial charge in [-0.3, -0.25) is 14.6 Å². The van der Waals surface area contributed by atoms with Crippen molar-refractivity contribution in [3.63, 3.8) is 0 Å². The first kappa shape index (κ1) is 35.7. The molecular weight excluding hydrogens is 587 g/mol. The zero-order chi connectivity index (χ0) is 34.0. The van der Waals surface area contributed by atoms with Crippen molar-refractivity contribution in [1.82, 2.24) is 9.88 Å². The lowest BCUT2D eigenvalue weighted by atomic mass is 9.72. The molecule has 0 unspecified atom stereocenters. The monoisotopic (exact) mass is 638 g/mol. The Balaban J connectivity index is 1.64. The number of aromatic nitrogens is 1. The number of ketones is 1. The van der Waals surface area contributed by atoms with Crippen LogP contribution in [0.4, 0.5) is 4.39 Å². The molecule has 4 rings (SSSR count). The van der Waals surface area contributed by atoms with Crippen LogP contribution >= 0.6 is 0 Å². The van der Waals surface area contributed by atoms with Crippen LogP contribution in [0.25, 0.3) is 17.0 Å². The first-order valence-electron chi connectivity index (χ1n) is 16.5. The largest absolute Gasteiger partial charge is 0.455 e. The number of ether oxygens (including phenoxy) is 3. The van der Waals surface area contributed by atoms with Gasteiger partial charge in [-0.1, -0.05) is 58.0 Å². The lowest BCUT2D eigenvalue weighted by molar-refractivity contribution is -0.189. The number of fused-ring (bicyclic) bond motifs is 2. The second-order valence-corrected chi connectivity index (χ2v) is 14.2. The number of Topliss-reactive ketones (excluding diaryl/α,β-unsaturated/α-hetero) is 1. The molecule has 2 aliphatic heterocycles. The van der Waals surface area contributed by atoms with Crippen molar-refractivity contribution in [2.45, 2.75) is 104 Å². The van der Waals surface area contributed by atoms with E-state index in [2.05, 4.69) is 22.9 Å². The molecule has 9 heteroatoms. The topological polar surface area (TPSA) is 95.0 Å². The van der Waals surface area contributed by atoms with Crippen LogP contribution in [0.2, 0.25) is 0 Å². The van der Waals surface area contributed by atoms with E-state index in [4.69, 9.17) is 14.2 Å². The Hall–Kier alpha value is -3.17. The van der Waals surface area contributed by atoms with Crippen LogP contribution in [0.15, 0.2) is 42.6 Å². The highest BCUT2D eigenvalue weighted by atomic mass is 19.1. The van der Waals surface area contributed by atoms with Crippen LogP contribution in [0.5, 0.6) is 0 Å². The van der Waals surface area contributed by atoms with Crippen molar-refractivity contribution in [2.75, 3.05) is 20.2 Å². The van der Waals surface area contributed by atoms with E-state index in [1.54, 1.807) is 20.8 Å². The quantitative estimate of drug-likeness (QED) is 0.267. The van der Waals surface area contributed by atoms with Crippen molar-refractivity contribution in [3.8, 4) is 0 Å². The van der Waals surface area contributed by atoms with Gasteiger partial charge in [0.2, 0.25) is 0 Å². The molecule has 0 radical (unpaired) electrons. The van der Waals surface area contributed by atoms with Crippen LogP contribution in [0.1, 0.15) is 80.2 Å². The highest BCUT2D eigenvalue weighted by Gasteiger charge is 2.57. The summed E-state index contributed by atoms with van der Waals surface area (Å²) in [5.74, 6) is -3.99. The van der Waals surface area contributed by atoms with Gasteiger partial charge in [0.05, 0.1) is 24.1 Å². The molecule has 9 atom stereocenters. The number of para-hydroxylation sites is 1. The standard InChI is InChI=1S/C37H51FN2O6/c1-10-31-37(8)29(19-32(41)46-37)26(5)40(9)22-23(2)20-35(6,25(4)24(3)33(42)36(7,38)34(43)45-31)44-17-13-14-27-18-28-15-11-12-16-30(28)39-21-27/h11-16,18,21,23-26,29,31H,10,17,19-20,22H2,1-9H3/b14-13+/t23-,24-,25-,26-,29-,31-,35-,36+,37+/m1/s1. The van der Waals surface area contributed by atoms with Gasteiger partial charge in [-0.2, -0.15) is 0 Å². The van der Waals surface area contributed by atoms with E-state index in [1.807, 2.05) is 70.4 Å². The Labute approximate surface area is 273 Å². The van der Waals surface area contributed by atoms with E-state index in [0.29, 0.717) is 19.4 Å². The van der Waals surface area contributed by atoms with Gasteiger partial charge in [-0.05, 0) is 77.1 Å². The summed E-state index contributed by atoms with van der Waals surface area (Å²) < 4.78 is 34.4. The van der Waals surface area contributed by atoms with Crippen LogP contribution in [-0.4, -0.2) is 76.8 Å². The molecule has 2 aliphatic rings. The number of cyclic esters (lactones) is 1. The fourth-order valence-electron chi connectivity index (χ4n) is 7.53. The number of pyridine rings is 1. The van der Waals surface area contributed by atoms with Crippen LogP contribution in [0.3, 0.4) is 0 Å². The lowest BCUT2D eigenvalue weighted by Crippen LogP contribution is -2.55. The predicted molar refractivity (Wildman–Crippen MR) is 177 cm³/mol. The maximum atomic E-state index is 16.3. The maximum absolute atomic E-state index is 16.3. The van der Waals surface area contributed by atoms with E-state index >= 15 is 4.39 Å². The van der Waals surface area contributed by atoms with Crippen LogP contribution < -0.4 is 0 Å². The molecule has 1 aromatic heterocycles. The normalized spacial score (nSPS) is 37.0. The fourth-order valence-corrected chi connectivity index (χ4v) is 7.53. The van der Waals surface area contributed by atoms with E-state index in [0.717, 1.165) is 23.4 Å². The minimum Gasteiger partial charge on any atom is -0.455 e. The molecule has 2 saturated heterocycles. The molecule has 1 aromatic carbocycles. The Kier molecular flexibility index (Phi) is 10.8. The smallest absolute Gasteiger partial charge is 0.351 e. The molecule has 0 amide bonds. The summed E-state index contributed by atoms with van der Waals surface area (Å²) in [6, 6.07) is 9.86. The Morgan fingerprint density at radius 3 is 2.50 bits per heavy atom. The second kappa shape index (κ2) is 13.9. The Morgan fingerprint density at radius 1 is 1.11 bits per heavy atom. The molecule has 0 saturated carbocycles. The van der Waals surface area contributed by atoms with Crippen molar-refractivity contribution in [1.29, 1.82) is 0 Å². The molecule has 46 heavy (non-hydrogen) atoms. The SMILES string of the molecule is CC[C@H]1OC(=O)[C@@](C)(F)C(=O)[C@H](C)[C@@H](C)[C@](C)(OC/C=C/c2cnc3ccccc3c2)C[C@@H](C)CN(C)[C@H](C)[C@H]2CC(=O)O[C@@]21C. The average molecular weight is 639 g/mol. The summed E-state index contributed by atoms with van der Waals surface area (Å²) in [7, 11) is 2.02. The number of hydrogen-bond acceptors (Lipinski definition) is 8. The van der Waals surface area contributed by atoms with Gasteiger partial charge in [0.1, 0.15) is 6.10 Å².